The van der Waals surface area contributed by atoms with Crippen molar-refractivity contribution in [3.8, 4) is 5.88 Å². The van der Waals surface area contributed by atoms with Crippen molar-refractivity contribution in [2.24, 2.45) is 0 Å². The predicted octanol–water partition coefficient (Wildman–Crippen LogP) is 4.82. The maximum Gasteiger partial charge on any atom is 0.303 e. The third-order valence-corrected chi connectivity index (χ3v) is 4.33. The van der Waals surface area contributed by atoms with Gasteiger partial charge in [0.2, 0.25) is 5.88 Å². The number of aryl methyl sites for hydroxylation is 1. The highest BCUT2D eigenvalue weighted by atomic mass is 35.5. The molecule has 7 heteroatoms. The lowest BCUT2D eigenvalue weighted by molar-refractivity contribution is -0.137. The molecule has 0 amide bonds. The summed E-state index contributed by atoms with van der Waals surface area (Å²) in [5, 5.41) is 14.5. The topological polar surface area (TPSA) is 64.3 Å². The lowest BCUT2D eigenvalue weighted by Crippen LogP contribution is -2.08. The number of benzene rings is 1. The lowest BCUT2D eigenvalue weighted by atomic mass is 10.2. The van der Waals surface area contributed by atoms with Crippen molar-refractivity contribution >= 4 is 29.2 Å². The molecule has 1 heterocycles. The molecule has 0 bridgehead atoms. The van der Waals surface area contributed by atoms with Crippen molar-refractivity contribution in [3.05, 3.63) is 45.6 Å². The van der Waals surface area contributed by atoms with Gasteiger partial charge in [0, 0.05) is 28.2 Å². The highest BCUT2D eigenvalue weighted by Crippen LogP contribution is 2.23. The Balaban J connectivity index is 2.15. The predicted molar refractivity (Wildman–Crippen MR) is 98.8 cm³/mol. The van der Waals surface area contributed by atoms with Crippen LogP contribution < -0.4 is 4.74 Å². The fourth-order valence-electron chi connectivity index (χ4n) is 2.39. The van der Waals surface area contributed by atoms with Crippen LogP contribution in [-0.2, 0) is 17.8 Å². The standard InChI is InChI=1S/C18H22Cl2N2O3/c1-2-3-9-25-17-11-15(5-4-6-18(23)24)22(21-17)12-13-7-8-14(19)10-16(13)20/h7-8,10-11H,2-6,9,12H2,1H3,(H,23,24). The molecule has 0 saturated heterocycles. The van der Waals surface area contributed by atoms with Gasteiger partial charge in [-0.3, -0.25) is 9.48 Å². The molecule has 2 aromatic rings. The second-order valence-corrected chi connectivity index (χ2v) is 6.66. The number of unbranched alkanes of at least 4 members (excludes halogenated alkanes) is 1. The van der Waals surface area contributed by atoms with Crippen LogP contribution >= 0.6 is 23.2 Å². The van der Waals surface area contributed by atoms with Gasteiger partial charge in [-0.2, -0.15) is 0 Å². The molecular weight excluding hydrogens is 363 g/mol. The van der Waals surface area contributed by atoms with Gasteiger partial charge in [0.25, 0.3) is 0 Å². The number of carboxylic acids is 1. The summed E-state index contributed by atoms with van der Waals surface area (Å²) in [5.74, 6) is -0.241. The minimum absolute atomic E-state index is 0.124. The van der Waals surface area contributed by atoms with E-state index < -0.39 is 5.97 Å². The van der Waals surface area contributed by atoms with Gasteiger partial charge >= 0.3 is 5.97 Å². The van der Waals surface area contributed by atoms with Gasteiger partial charge in [0.15, 0.2) is 0 Å². The summed E-state index contributed by atoms with van der Waals surface area (Å²) in [4.78, 5) is 10.7. The first kappa shape index (κ1) is 19.6. The first-order chi connectivity index (χ1) is 12.0. The van der Waals surface area contributed by atoms with Gasteiger partial charge in [0.05, 0.1) is 13.2 Å². The Kier molecular flexibility index (Phi) is 7.59. The number of aromatic nitrogens is 2. The van der Waals surface area contributed by atoms with E-state index in [2.05, 4.69) is 12.0 Å². The van der Waals surface area contributed by atoms with E-state index in [1.54, 1.807) is 12.1 Å². The third kappa shape index (κ3) is 6.25. The fraction of sp³-hybridized carbons (Fsp3) is 0.444. The Morgan fingerprint density at radius 3 is 2.76 bits per heavy atom. The molecule has 136 valence electrons. The van der Waals surface area contributed by atoms with E-state index >= 15 is 0 Å². The van der Waals surface area contributed by atoms with Crippen molar-refractivity contribution in [1.82, 2.24) is 9.78 Å². The Hall–Kier alpha value is -1.72. The molecule has 0 radical (unpaired) electrons. The van der Waals surface area contributed by atoms with E-state index in [-0.39, 0.29) is 6.42 Å². The molecule has 0 spiro atoms. The maximum atomic E-state index is 10.7. The van der Waals surface area contributed by atoms with Crippen molar-refractivity contribution < 1.29 is 14.6 Å². The van der Waals surface area contributed by atoms with Gasteiger partial charge in [-0.05, 0) is 37.0 Å². The van der Waals surface area contributed by atoms with Crippen molar-refractivity contribution in [1.29, 1.82) is 0 Å². The van der Waals surface area contributed by atoms with Gasteiger partial charge < -0.3 is 9.84 Å². The summed E-state index contributed by atoms with van der Waals surface area (Å²) in [5.41, 5.74) is 1.83. The average Bonchev–Trinajstić information content (AvgIpc) is 2.92. The number of carbonyl (C=O) groups is 1. The van der Waals surface area contributed by atoms with Crippen LogP contribution in [0.25, 0.3) is 0 Å². The van der Waals surface area contributed by atoms with E-state index in [9.17, 15) is 4.79 Å². The molecule has 0 unspecified atom stereocenters. The molecule has 2 rings (SSSR count). The Morgan fingerprint density at radius 2 is 2.08 bits per heavy atom. The summed E-state index contributed by atoms with van der Waals surface area (Å²) in [6, 6.07) is 7.23. The van der Waals surface area contributed by atoms with Gasteiger partial charge in [-0.15, -0.1) is 5.10 Å². The number of aliphatic carboxylic acids is 1. The summed E-state index contributed by atoms with van der Waals surface area (Å²) in [6.45, 7) is 3.20. The largest absolute Gasteiger partial charge is 0.481 e. The summed E-state index contributed by atoms with van der Waals surface area (Å²) >= 11 is 12.2. The summed E-state index contributed by atoms with van der Waals surface area (Å²) in [7, 11) is 0. The number of rotatable bonds is 10. The van der Waals surface area contributed by atoms with Crippen LogP contribution in [0.15, 0.2) is 24.3 Å². The number of halogens is 2. The van der Waals surface area contributed by atoms with E-state index in [0.29, 0.717) is 41.9 Å². The third-order valence-electron chi connectivity index (χ3n) is 3.75. The zero-order valence-corrected chi connectivity index (χ0v) is 15.7. The summed E-state index contributed by atoms with van der Waals surface area (Å²) in [6.07, 6.45) is 3.29. The molecular formula is C18H22Cl2N2O3. The van der Waals surface area contributed by atoms with Crippen LogP contribution in [0.4, 0.5) is 0 Å². The number of hydrogen-bond acceptors (Lipinski definition) is 3. The molecule has 0 aliphatic rings. The first-order valence-electron chi connectivity index (χ1n) is 8.35. The van der Waals surface area contributed by atoms with Crippen LogP contribution in [0, 0.1) is 0 Å². The van der Waals surface area contributed by atoms with Gasteiger partial charge in [-0.1, -0.05) is 42.6 Å². The maximum absolute atomic E-state index is 10.7. The zero-order valence-electron chi connectivity index (χ0n) is 14.2. The smallest absolute Gasteiger partial charge is 0.303 e. The van der Waals surface area contributed by atoms with Crippen molar-refractivity contribution in [2.75, 3.05) is 6.61 Å². The quantitative estimate of drug-likeness (QED) is 0.596. The van der Waals surface area contributed by atoms with Crippen LogP contribution in [0.1, 0.15) is 43.9 Å². The minimum atomic E-state index is -0.800. The van der Waals surface area contributed by atoms with E-state index in [1.807, 2.05) is 16.8 Å². The highest BCUT2D eigenvalue weighted by Gasteiger charge is 2.12. The fourth-order valence-corrected chi connectivity index (χ4v) is 2.86. The molecule has 0 aliphatic heterocycles. The van der Waals surface area contributed by atoms with Crippen molar-refractivity contribution in [2.45, 2.75) is 45.6 Å². The van der Waals surface area contributed by atoms with Crippen molar-refractivity contribution in [3.63, 3.8) is 0 Å². The van der Waals surface area contributed by atoms with Crippen LogP contribution in [0.2, 0.25) is 10.0 Å². The molecule has 0 atom stereocenters. The number of hydrogen-bond donors (Lipinski definition) is 1. The monoisotopic (exact) mass is 384 g/mol. The Morgan fingerprint density at radius 1 is 1.28 bits per heavy atom. The van der Waals surface area contributed by atoms with Gasteiger partial charge in [0.1, 0.15) is 0 Å². The van der Waals surface area contributed by atoms with Crippen LogP contribution in [0.3, 0.4) is 0 Å². The number of ether oxygens (including phenoxy) is 1. The van der Waals surface area contributed by atoms with E-state index in [0.717, 1.165) is 24.1 Å². The summed E-state index contributed by atoms with van der Waals surface area (Å²) < 4.78 is 7.50. The van der Waals surface area contributed by atoms with Crippen LogP contribution in [-0.4, -0.2) is 27.5 Å². The molecule has 0 aliphatic carbocycles. The molecule has 1 aromatic heterocycles. The zero-order chi connectivity index (χ0) is 18.2. The molecule has 25 heavy (non-hydrogen) atoms. The Bertz CT molecular complexity index is 716. The highest BCUT2D eigenvalue weighted by molar-refractivity contribution is 6.35. The SMILES string of the molecule is CCCCOc1cc(CCCC(=O)O)n(Cc2ccc(Cl)cc2Cl)n1. The second-order valence-electron chi connectivity index (χ2n) is 5.82. The molecule has 5 nitrogen and oxygen atoms in total. The second kappa shape index (κ2) is 9.68. The lowest BCUT2D eigenvalue weighted by Gasteiger charge is -2.09. The Labute approximate surface area is 157 Å². The normalized spacial score (nSPS) is 10.8. The number of carboxylic acid groups (broad SMARTS) is 1. The first-order valence-corrected chi connectivity index (χ1v) is 9.10. The van der Waals surface area contributed by atoms with Gasteiger partial charge in [-0.25, -0.2) is 0 Å². The van der Waals surface area contributed by atoms with E-state index in [1.165, 1.54) is 0 Å². The molecule has 0 saturated carbocycles. The number of nitrogens with zero attached hydrogens (tertiary/aromatic N) is 2. The molecule has 0 fully saturated rings. The van der Waals surface area contributed by atoms with E-state index in [4.69, 9.17) is 33.0 Å². The molecule has 1 aromatic carbocycles. The average molecular weight is 385 g/mol. The van der Waals surface area contributed by atoms with Crippen LogP contribution in [0.5, 0.6) is 5.88 Å². The molecule has 1 N–H and O–H groups in total. The minimum Gasteiger partial charge on any atom is -0.481 e.